The van der Waals surface area contributed by atoms with Gasteiger partial charge < -0.3 is 0 Å². The van der Waals surface area contributed by atoms with E-state index in [9.17, 15) is 0 Å². The van der Waals surface area contributed by atoms with Crippen LogP contribution in [0.4, 0.5) is 0 Å². The minimum Gasteiger partial charge on any atom is -0.223 e. The highest BCUT2D eigenvalue weighted by Gasteiger charge is 2.21. The van der Waals surface area contributed by atoms with Crippen LogP contribution < -0.4 is 4.57 Å². The molecular weight excluding hydrogens is 280 g/mol. The predicted molar refractivity (Wildman–Crippen MR) is 86.0 cm³/mol. The van der Waals surface area contributed by atoms with Gasteiger partial charge in [0.15, 0.2) is 5.15 Å². The van der Waals surface area contributed by atoms with Crippen LogP contribution in [0.1, 0.15) is 6.92 Å². The molecule has 0 aliphatic carbocycles. The Kier molecular flexibility index (Phi) is 3.98. The van der Waals surface area contributed by atoms with Gasteiger partial charge in [-0.2, -0.15) is 4.57 Å². The standard InChI is InChI=1S/C18H16ClN2/c1-2-21-13-16(19)20-17(14-9-5-3-6-10-14)18(21)15-11-7-4-8-12-15/h3-13H,2H2,1H3/q+1. The molecule has 0 saturated heterocycles. The highest BCUT2D eigenvalue weighted by molar-refractivity contribution is 6.29. The molecule has 0 atom stereocenters. The van der Waals surface area contributed by atoms with Crippen LogP contribution in [0.25, 0.3) is 22.5 Å². The maximum Gasteiger partial charge on any atom is 0.239 e. The number of aromatic nitrogens is 2. The lowest BCUT2D eigenvalue weighted by molar-refractivity contribution is -0.682. The normalized spacial score (nSPS) is 10.6. The van der Waals surface area contributed by atoms with Gasteiger partial charge >= 0.3 is 0 Å². The van der Waals surface area contributed by atoms with Crippen LogP contribution in [0.3, 0.4) is 0 Å². The van der Waals surface area contributed by atoms with Crippen molar-refractivity contribution >= 4 is 11.6 Å². The Morgan fingerprint density at radius 2 is 1.48 bits per heavy atom. The lowest BCUT2D eigenvalue weighted by Gasteiger charge is -2.09. The summed E-state index contributed by atoms with van der Waals surface area (Å²) in [6.45, 7) is 2.95. The van der Waals surface area contributed by atoms with Gasteiger partial charge in [0.05, 0.1) is 0 Å². The summed E-state index contributed by atoms with van der Waals surface area (Å²) < 4.78 is 2.15. The van der Waals surface area contributed by atoms with Crippen molar-refractivity contribution < 1.29 is 4.57 Å². The average molecular weight is 296 g/mol. The van der Waals surface area contributed by atoms with Crippen molar-refractivity contribution in [3.8, 4) is 22.5 Å². The molecule has 2 aromatic carbocycles. The molecule has 0 spiro atoms. The molecule has 0 radical (unpaired) electrons. The molecule has 0 saturated carbocycles. The van der Waals surface area contributed by atoms with Gasteiger partial charge in [-0.3, -0.25) is 0 Å². The Morgan fingerprint density at radius 1 is 0.905 bits per heavy atom. The lowest BCUT2D eigenvalue weighted by atomic mass is 10.0. The van der Waals surface area contributed by atoms with E-state index >= 15 is 0 Å². The van der Waals surface area contributed by atoms with Crippen molar-refractivity contribution in [2.24, 2.45) is 0 Å². The topological polar surface area (TPSA) is 16.8 Å². The summed E-state index contributed by atoms with van der Waals surface area (Å²) in [6.07, 6.45) is 1.89. The first-order chi connectivity index (χ1) is 10.3. The van der Waals surface area contributed by atoms with E-state index in [1.807, 2.05) is 42.6 Å². The molecule has 0 aliphatic rings. The van der Waals surface area contributed by atoms with Gasteiger partial charge in [0.1, 0.15) is 12.2 Å². The zero-order valence-electron chi connectivity index (χ0n) is 11.8. The number of rotatable bonds is 3. The Morgan fingerprint density at radius 3 is 2.05 bits per heavy atom. The number of halogens is 1. The molecule has 1 heterocycles. The van der Waals surface area contributed by atoms with Gasteiger partial charge in [-0.15, -0.1) is 0 Å². The minimum absolute atomic E-state index is 0.510. The summed E-state index contributed by atoms with van der Waals surface area (Å²) in [5.74, 6) is 0. The Balaban J connectivity index is 2.31. The first-order valence-corrected chi connectivity index (χ1v) is 7.38. The van der Waals surface area contributed by atoms with Crippen molar-refractivity contribution in [1.29, 1.82) is 0 Å². The van der Waals surface area contributed by atoms with Crippen LogP contribution in [0.2, 0.25) is 5.15 Å². The van der Waals surface area contributed by atoms with E-state index in [1.165, 1.54) is 0 Å². The zero-order valence-corrected chi connectivity index (χ0v) is 12.6. The highest BCUT2D eigenvalue weighted by Crippen LogP contribution is 2.28. The fourth-order valence-electron chi connectivity index (χ4n) is 2.46. The molecule has 104 valence electrons. The molecule has 1 aromatic heterocycles. The molecule has 3 aromatic rings. The van der Waals surface area contributed by atoms with Gasteiger partial charge in [0.2, 0.25) is 11.9 Å². The smallest absolute Gasteiger partial charge is 0.223 e. The summed E-state index contributed by atoms with van der Waals surface area (Å²) in [5.41, 5.74) is 4.22. The summed E-state index contributed by atoms with van der Waals surface area (Å²) in [4.78, 5) is 4.57. The lowest BCUT2D eigenvalue weighted by Crippen LogP contribution is -2.36. The number of benzene rings is 2. The molecule has 0 amide bonds. The number of aryl methyl sites for hydroxylation is 1. The van der Waals surface area contributed by atoms with E-state index < -0.39 is 0 Å². The number of hydrogen-bond donors (Lipinski definition) is 0. The van der Waals surface area contributed by atoms with E-state index in [1.54, 1.807) is 0 Å². The van der Waals surface area contributed by atoms with E-state index in [0.29, 0.717) is 5.15 Å². The second kappa shape index (κ2) is 6.06. The van der Waals surface area contributed by atoms with E-state index in [4.69, 9.17) is 11.6 Å². The van der Waals surface area contributed by atoms with Crippen LogP contribution in [-0.4, -0.2) is 4.98 Å². The van der Waals surface area contributed by atoms with Crippen molar-refractivity contribution in [3.05, 3.63) is 72.0 Å². The monoisotopic (exact) mass is 295 g/mol. The largest absolute Gasteiger partial charge is 0.239 e. The fourth-order valence-corrected chi connectivity index (χ4v) is 2.67. The molecule has 0 aliphatic heterocycles. The van der Waals surface area contributed by atoms with Crippen molar-refractivity contribution in [2.45, 2.75) is 13.5 Å². The Bertz CT molecular complexity index is 740. The fraction of sp³-hybridized carbons (Fsp3) is 0.111. The summed E-state index contributed by atoms with van der Waals surface area (Å²) in [5, 5.41) is 0.510. The molecule has 0 fully saturated rings. The molecule has 21 heavy (non-hydrogen) atoms. The molecular formula is C18H16ClN2+. The van der Waals surface area contributed by atoms with Gasteiger partial charge in [-0.25, -0.2) is 4.98 Å². The third-order valence-electron chi connectivity index (χ3n) is 3.43. The Labute approximate surface area is 129 Å². The minimum atomic E-state index is 0.510. The highest BCUT2D eigenvalue weighted by atomic mass is 35.5. The van der Waals surface area contributed by atoms with Crippen LogP contribution in [0, 0.1) is 0 Å². The SMILES string of the molecule is CC[n+]1cc(Cl)nc(-c2ccccc2)c1-c1ccccc1. The molecule has 2 nitrogen and oxygen atoms in total. The summed E-state index contributed by atoms with van der Waals surface area (Å²) >= 11 is 6.21. The second-order valence-electron chi connectivity index (χ2n) is 4.78. The average Bonchev–Trinajstić information content (AvgIpc) is 2.55. The van der Waals surface area contributed by atoms with E-state index in [0.717, 1.165) is 29.1 Å². The van der Waals surface area contributed by atoms with E-state index in [2.05, 4.69) is 40.7 Å². The molecule has 3 rings (SSSR count). The third-order valence-corrected chi connectivity index (χ3v) is 3.61. The maximum atomic E-state index is 6.21. The van der Waals surface area contributed by atoms with Gasteiger partial charge in [-0.05, 0) is 19.1 Å². The second-order valence-corrected chi connectivity index (χ2v) is 5.17. The number of nitrogens with zero attached hydrogens (tertiary/aromatic N) is 2. The van der Waals surface area contributed by atoms with Crippen LogP contribution in [0.15, 0.2) is 66.9 Å². The molecule has 0 N–H and O–H groups in total. The molecule has 3 heteroatoms. The van der Waals surface area contributed by atoms with Gasteiger partial charge in [0, 0.05) is 11.1 Å². The van der Waals surface area contributed by atoms with E-state index in [-0.39, 0.29) is 0 Å². The van der Waals surface area contributed by atoms with Crippen molar-refractivity contribution in [2.75, 3.05) is 0 Å². The van der Waals surface area contributed by atoms with Crippen LogP contribution >= 0.6 is 11.6 Å². The molecule has 0 bridgehead atoms. The number of hydrogen-bond acceptors (Lipinski definition) is 1. The summed E-state index contributed by atoms with van der Waals surface area (Å²) in [6, 6.07) is 20.5. The van der Waals surface area contributed by atoms with Crippen molar-refractivity contribution in [1.82, 2.24) is 4.98 Å². The first-order valence-electron chi connectivity index (χ1n) is 7.00. The van der Waals surface area contributed by atoms with Gasteiger partial charge in [-0.1, -0.05) is 60.1 Å². The first kappa shape index (κ1) is 13.8. The van der Waals surface area contributed by atoms with Crippen LogP contribution in [0.5, 0.6) is 0 Å². The maximum absolute atomic E-state index is 6.21. The zero-order chi connectivity index (χ0) is 14.7. The Hall–Kier alpha value is -2.19. The van der Waals surface area contributed by atoms with Crippen LogP contribution in [-0.2, 0) is 6.54 Å². The third kappa shape index (κ3) is 2.81. The molecule has 0 unspecified atom stereocenters. The predicted octanol–water partition coefficient (Wildman–Crippen LogP) is 4.38. The van der Waals surface area contributed by atoms with Gasteiger partial charge in [0.25, 0.3) is 0 Å². The van der Waals surface area contributed by atoms with Crippen molar-refractivity contribution in [3.63, 3.8) is 0 Å². The quantitative estimate of drug-likeness (QED) is 0.655. The summed E-state index contributed by atoms with van der Waals surface area (Å²) in [7, 11) is 0.